The average molecular weight is 248 g/mol. The molecule has 0 saturated heterocycles. The molecule has 1 unspecified atom stereocenters. The van der Waals surface area contributed by atoms with Gasteiger partial charge in [-0.1, -0.05) is 24.3 Å². The van der Waals surface area contributed by atoms with Gasteiger partial charge in [-0.05, 0) is 50.2 Å². The van der Waals surface area contributed by atoms with Crippen LogP contribution in [0.25, 0.3) is 0 Å². The van der Waals surface area contributed by atoms with Gasteiger partial charge in [0.25, 0.3) is 0 Å². The summed E-state index contributed by atoms with van der Waals surface area (Å²) < 4.78 is 11.2. The molecule has 1 aliphatic rings. The third-order valence-corrected chi connectivity index (χ3v) is 3.33. The molecule has 0 radical (unpaired) electrons. The van der Waals surface area contributed by atoms with Crippen molar-refractivity contribution < 1.29 is 9.47 Å². The zero-order valence-corrected chi connectivity index (χ0v) is 11.5. The van der Waals surface area contributed by atoms with Crippen molar-refractivity contribution in [3.05, 3.63) is 35.4 Å². The van der Waals surface area contributed by atoms with Crippen LogP contribution in [0.3, 0.4) is 0 Å². The molecule has 1 atom stereocenters. The highest BCUT2D eigenvalue weighted by atomic mass is 16.5. The van der Waals surface area contributed by atoms with Crippen LogP contribution in [0.15, 0.2) is 24.3 Å². The van der Waals surface area contributed by atoms with E-state index in [0.29, 0.717) is 12.7 Å². The second-order valence-electron chi connectivity index (χ2n) is 5.25. The molecule has 1 fully saturated rings. The highest BCUT2D eigenvalue weighted by Gasteiger charge is 2.22. The van der Waals surface area contributed by atoms with Crippen molar-refractivity contribution >= 4 is 0 Å². The van der Waals surface area contributed by atoms with Crippen LogP contribution < -0.4 is 0 Å². The van der Waals surface area contributed by atoms with Crippen molar-refractivity contribution in [2.75, 3.05) is 13.2 Å². The minimum Gasteiger partial charge on any atom is -0.378 e. The van der Waals surface area contributed by atoms with E-state index in [1.165, 1.54) is 24.0 Å². The first-order valence-electron chi connectivity index (χ1n) is 7.05. The van der Waals surface area contributed by atoms with Gasteiger partial charge >= 0.3 is 0 Å². The lowest BCUT2D eigenvalue weighted by Gasteiger charge is -2.13. The topological polar surface area (TPSA) is 18.5 Å². The van der Waals surface area contributed by atoms with E-state index in [2.05, 4.69) is 31.2 Å². The third kappa shape index (κ3) is 4.79. The normalized spacial score (nSPS) is 16.8. The number of rotatable bonds is 8. The lowest BCUT2D eigenvalue weighted by atomic mass is 10.1. The molecular weight excluding hydrogens is 224 g/mol. The summed E-state index contributed by atoms with van der Waals surface area (Å²) in [6.07, 6.45) is 4.04. The summed E-state index contributed by atoms with van der Waals surface area (Å²) in [7, 11) is 0. The van der Waals surface area contributed by atoms with Crippen LogP contribution in [0, 0.1) is 5.92 Å². The molecule has 0 bridgehead atoms. The maximum absolute atomic E-state index is 5.84. The van der Waals surface area contributed by atoms with E-state index in [0.717, 1.165) is 25.6 Å². The predicted octanol–water partition coefficient (Wildman–Crippen LogP) is 3.58. The van der Waals surface area contributed by atoms with Crippen LogP contribution in [0.4, 0.5) is 0 Å². The Balaban J connectivity index is 1.73. The van der Waals surface area contributed by atoms with Crippen molar-refractivity contribution in [1.29, 1.82) is 0 Å². The summed E-state index contributed by atoms with van der Waals surface area (Å²) in [6, 6.07) is 8.67. The van der Waals surface area contributed by atoms with Gasteiger partial charge in [0, 0.05) is 13.2 Å². The molecule has 1 aliphatic carbocycles. The quantitative estimate of drug-likeness (QED) is 0.700. The first kappa shape index (κ1) is 13.6. The molecule has 2 nitrogen and oxygen atoms in total. The van der Waals surface area contributed by atoms with E-state index < -0.39 is 0 Å². The lowest BCUT2D eigenvalue weighted by molar-refractivity contribution is 0.0587. The summed E-state index contributed by atoms with van der Waals surface area (Å²) in [5.41, 5.74) is 2.59. The maximum atomic E-state index is 5.84. The molecule has 2 rings (SSSR count). The van der Waals surface area contributed by atoms with E-state index in [1.807, 2.05) is 6.92 Å². The molecule has 18 heavy (non-hydrogen) atoms. The minimum absolute atomic E-state index is 0.323. The van der Waals surface area contributed by atoms with E-state index >= 15 is 0 Å². The van der Waals surface area contributed by atoms with Gasteiger partial charge in [-0.25, -0.2) is 0 Å². The SMILES string of the molecule is CCOCc1ccc(CC(C)OCC2CC2)cc1. The maximum Gasteiger partial charge on any atom is 0.0716 e. The molecule has 2 heteroatoms. The van der Waals surface area contributed by atoms with Gasteiger partial charge in [-0.15, -0.1) is 0 Å². The Hall–Kier alpha value is -0.860. The monoisotopic (exact) mass is 248 g/mol. The Kier molecular flexibility index (Phi) is 5.21. The molecule has 0 amide bonds. The average Bonchev–Trinajstić information content (AvgIpc) is 3.20. The molecule has 1 aromatic rings. The van der Waals surface area contributed by atoms with Crippen molar-refractivity contribution in [3.63, 3.8) is 0 Å². The van der Waals surface area contributed by atoms with Crippen LogP contribution in [0.1, 0.15) is 37.8 Å². The number of ether oxygens (including phenoxy) is 2. The Bertz CT molecular complexity index is 341. The largest absolute Gasteiger partial charge is 0.378 e. The first-order chi connectivity index (χ1) is 8.78. The number of benzene rings is 1. The number of hydrogen-bond donors (Lipinski definition) is 0. The zero-order valence-electron chi connectivity index (χ0n) is 11.5. The van der Waals surface area contributed by atoms with Crippen molar-refractivity contribution in [2.24, 2.45) is 5.92 Å². The molecule has 0 N–H and O–H groups in total. The van der Waals surface area contributed by atoms with E-state index in [-0.39, 0.29) is 0 Å². The van der Waals surface area contributed by atoms with Crippen LogP contribution in [-0.4, -0.2) is 19.3 Å². The standard InChI is InChI=1S/C16H24O2/c1-3-17-11-15-6-4-14(5-7-15)10-13(2)18-12-16-8-9-16/h4-7,13,16H,3,8-12H2,1-2H3. The van der Waals surface area contributed by atoms with E-state index in [1.54, 1.807) is 0 Å². The smallest absolute Gasteiger partial charge is 0.0716 e. The summed E-state index contributed by atoms with van der Waals surface area (Å²) in [4.78, 5) is 0. The third-order valence-electron chi connectivity index (χ3n) is 3.33. The van der Waals surface area contributed by atoms with Crippen LogP contribution in [0.2, 0.25) is 0 Å². The number of hydrogen-bond acceptors (Lipinski definition) is 2. The summed E-state index contributed by atoms with van der Waals surface area (Å²) in [6.45, 7) is 6.62. The van der Waals surface area contributed by atoms with Gasteiger partial charge in [-0.2, -0.15) is 0 Å². The Morgan fingerprint density at radius 2 is 1.83 bits per heavy atom. The zero-order chi connectivity index (χ0) is 12.8. The second-order valence-corrected chi connectivity index (χ2v) is 5.25. The van der Waals surface area contributed by atoms with Gasteiger partial charge in [0.2, 0.25) is 0 Å². The fraction of sp³-hybridized carbons (Fsp3) is 0.625. The van der Waals surface area contributed by atoms with Gasteiger partial charge in [0.15, 0.2) is 0 Å². The van der Waals surface area contributed by atoms with Gasteiger partial charge in [-0.3, -0.25) is 0 Å². The van der Waals surface area contributed by atoms with Gasteiger partial charge < -0.3 is 9.47 Å². The summed E-state index contributed by atoms with van der Waals surface area (Å²) >= 11 is 0. The van der Waals surface area contributed by atoms with Crippen LogP contribution in [-0.2, 0) is 22.5 Å². The fourth-order valence-electron chi connectivity index (χ4n) is 1.97. The molecule has 0 aromatic heterocycles. The van der Waals surface area contributed by atoms with Crippen LogP contribution >= 0.6 is 0 Å². The van der Waals surface area contributed by atoms with Crippen LogP contribution in [0.5, 0.6) is 0 Å². The van der Waals surface area contributed by atoms with Gasteiger partial charge in [0.1, 0.15) is 0 Å². The first-order valence-corrected chi connectivity index (χ1v) is 7.05. The molecule has 0 heterocycles. The second kappa shape index (κ2) is 6.91. The molecule has 100 valence electrons. The van der Waals surface area contributed by atoms with Crippen molar-refractivity contribution in [3.8, 4) is 0 Å². The Labute approximate surface area is 110 Å². The van der Waals surface area contributed by atoms with E-state index in [9.17, 15) is 0 Å². The highest BCUT2D eigenvalue weighted by molar-refractivity contribution is 5.22. The van der Waals surface area contributed by atoms with Gasteiger partial charge in [0.05, 0.1) is 12.7 Å². The fourth-order valence-corrected chi connectivity index (χ4v) is 1.97. The predicted molar refractivity (Wildman–Crippen MR) is 73.6 cm³/mol. The Morgan fingerprint density at radius 1 is 1.17 bits per heavy atom. The molecule has 0 spiro atoms. The summed E-state index contributed by atoms with van der Waals surface area (Å²) in [5.74, 6) is 0.848. The summed E-state index contributed by atoms with van der Waals surface area (Å²) in [5, 5.41) is 0. The molecular formula is C16H24O2. The molecule has 0 aliphatic heterocycles. The minimum atomic E-state index is 0.323. The highest BCUT2D eigenvalue weighted by Crippen LogP contribution is 2.29. The van der Waals surface area contributed by atoms with Crippen molar-refractivity contribution in [1.82, 2.24) is 0 Å². The lowest BCUT2D eigenvalue weighted by Crippen LogP contribution is -2.13. The Morgan fingerprint density at radius 3 is 2.44 bits per heavy atom. The molecule has 1 saturated carbocycles. The van der Waals surface area contributed by atoms with E-state index in [4.69, 9.17) is 9.47 Å². The molecule has 1 aromatic carbocycles. The van der Waals surface area contributed by atoms with Crippen molar-refractivity contribution in [2.45, 2.75) is 45.8 Å².